The number of aromatic carboxylic acids is 3. The van der Waals surface area contributed by atoms with Gasteiger partial charge in [-0.15, -0.1) is 19.3 Å². The van der Waals surface area contributed by atoms with Gasteiger partial charge >= 0.3 is 23.9 Å². The van der Waals surface area contributed by atoms with E-state index in [1.54, 1.807) is 12.1 Å². The van der Waals surface area contributed by atoms with Crippen LogP contribution in [0.2, 0.25) is 10.0 Å². The van der Waals surface area contributed by atoms with Gasteiger partial charge in [0.1, 0.15) is 0 Å². The molecule has 0 fully saturated rings. The Morgan fingerprint density at radius 3 is 1.54 bits per heavy atom. The number of sulfone groups is 2. The standard InChI is InChI=1S/C11H9BrO4S.C10H7ClO4S.C9H5BrO2.C9H7ClF2O2/c1-4-7-5-9(12)10(17(3,14)15)6-8(7)11(13)16-2;1-3-6-4-8(11)9(16(2,14)15)5-7(6)10(12)13;1-2-6-5-7(10)3-4-8(6)9(11)12;1-4-6(10)3-2-5(9(13)14)7(4)8(11)12/h1,5-6H,2-3H3;1,4-5H,2H3,(H,12,13);1,3-5H,(H,11,12);2-3,8H,1H3,(H,13,14). The first kappa shape index (κ1) is 51.8. The maximum Gasteiger partial charge on any atom is 0.339 e. The van der Waals surface area contributed by atoms with Gasteiger partial charge in [0.05, 0.1) is 44.2 Å². The van der Waals surface area contributed by atoms with Crippen molar-refractivity contribution in [2.24, 2.45) is 0 Å². The second kappa shape index (κ2) is 22.2. The van der Waals surface area contributed by atoms with E-state index in [0.29, 0.717) is 10.0 Å². The van der Waals surface area contributed by atoms with Gasteiger partial charge in [0, 0.05) is 48.7 Å². The predicted octanol–water partition coefficient (Wildman–Crippen LogP) is 8.46. The van der Waals surface area contributed by atoms with Crippen LogP contribution in [0.15, 0.2) is 73.3 Å². The van der Waals surface area contributed by atoms with Crippen molar-refractivity contribution in [3.8, 4) is 37.0 Å². The summed E-state index contributed by atoms with van der Waals surface area (Å²) in [6.07, 6.45) is 14.6. The number of halogens is 6. The first-order chi connectivity index (χ1) is 27.2. The van der Waals surface area contributed by atoms with Crippen LogP contribution in [0.1, 0.15) is 75.7 Å². The molecule has 0 aliphatic rings. The van der Waals surface area contributed by atoms with Gasteiger partial charge in [-0.3, -0.25) is 0 Å². The van der Waals surface area contributed by atoms with Crippen LogP contribution in [0.5, 0.6) is 0 Å². The molecule has 20 heteroatoms. The molecule has 0 spiro atoms. The highest BCUT2D eigenvalue weighted by atomic mass is 79.9. The Morgan fingerprint density at radius 2 is 1.12 bits per heavy atom. The highest BCUT2D eigenvalue weighted by Gasteiger charge is 2.22. The van der Waals surface area contributed by atoms with E-state index in [-0.39, 0.29) is 53.2 Å². The molecular formula is C39H28Br2Cl2F2O12S2. The molecule has 0 radical (unpaired) electrons. The molecule has 0 saturated heterocycles. The maximum absolute atomic E-state index is 12.5. The first-order valence-corrected chi connectivity index (χ1v) is 21.4. The molecule has 0 heterocycles. The normalized spacial score (nSPS) is 10.4. The second-order valence-corrected chi connectivity index (χ2v) is 17.7. The summed E-state index contributed by atoms with van der Waals surface area (Å²) in [5.74, 6) is 2.40. The Morgan fingerprint density at radius 1 is 0.678 bits per heavy atom. The van der Waals surface area contributed by atoms with Gasteiger partial charge in [-0.1, -0.05) is 56.9 Å². The first-order valence-electron chi connectivity index (χ1n) is 15.3. The van der Waals surface area contributed by atoms with Crippen molar-refractivity contribution in [3.05, 3.63) is 124 Å². The van der Waals surface area contributed by atoms with Gasteiger partial charge < -0.3 is 20.1 Å². The zero-order valence-electron chi connectivity index (χ0n) is 30.6. The minimum absolute atomic E-state index is 0.00287. The van der Waals surface area contributed by atoms with E-state index in [9.17, 15) is 44.8 Å². The van der Waals surface area contributed by atoms with Crippen molar-refractivity contribution in [2.75, 3.05) is 19.6 Å². The Balaban J connectivity index is 0.000000396. The molecule has 4 aromatic carbocycles. The van der Waals surface area contributed by atoms with Crippen molar-refractivity contribution in [3.63, 3.8) is 0 Å². The maximum atomic E-state index is 12.5. The molecule has 0 aliphatic carbocycles. The number of hydrogen-bond acceptors (Lipinski definition) is 9. The topological polar surface area (TPSA) is 206 Å². The highest BCUT2D eigenvalue weighted by Crippen LogP contribution is 2.31. The lowest BCUT2D eigenvalue weighted by molar-refractivity contribution is 0.0597. The molecule has 0 aromatic heterocycles. The zero-order chi connectivity index (χ0) is 45.7. The molecule has 0 amide bonds. The van der Waals surface area contributed by atoms with E-state index < -0.39 is 61.1 Å². The molecule has 0 atom stereocenters. The number of alkyl halides is 2. The largest absolute Gasteiger partial charge is 0.478 e. The number of esters is 1. The van der Waals surface area contributed by atoms with Gasteiger partial charge in [-0.05, 0) is 83.0 Å². The summed E-state index contributed by atoms with van der Waals surface area (Å²) < 4.78 is 76.2. The smallest absolute Gasteiger partial charge is 0.339 e. The number of carbonyl (C=O) groups is 4. The number of carboxylic acids is 3. The van der Waals surface area contributed by atoms with Crippen LogP contribution in [-0.4, -0.2) is 75.7 Å². The molecule has 59 heavy (non-hydrogen) atoms. The number of hydrogen-bond donors (Lipinski definition) is 3. The van der Waals surface area contributed by atoms with E-state index >= 15 is 0 Å². The predicted molar refractivity (Wildman–Crippen MR) is 223 cm³/mol. The lowest BCUT2D eigenvalue weighted by Gasteiger charge is -2.09. The van der Waals surface area contributed by atoms with Crippen LogP contribution >= 0.6 is 55.1 Å². The van der Waals surface area contributed by atoms with Crippen molar-refractivity contribution >= 4 is 98.6 Å². The molecular weight excluding hydrogens is 993 g/mol. The molecule has 310 valence electrons. The molecule has 0 bridgehead atoms. The monoisotopic (exact) mass is 1020 g/mol. The number of terminal acetylenes is 3. The van der Waals surface area contributed by atoms with Crippen LogP contribution in [0.3, 0.4) is 0 Å². The summed E-state index contributed by atoms with van der Waals surface area (Å²) in [7, 11) is -5.83. The molecule has 0 unspecified atom stereocenters. The summed E-state index contributed by atoms with van der Waals surface area (Å²) in [4.78, 5) is 43.2. The molecule has 0 aliphatic heterocycles. The average Bonchev–Trinajstić information content (AvgIpc) is 3.14. The van der Waals surface area contributed by atoms with E-state index in [0.717, 1.165) is 35.2 Å². The number of carbonyl (C=O) groups excluding carboxylic acids is 1. The van der Waals surface area contributed by atoms with E-state index in [4.69, 9.17) is 57.8 Å². The van der Waals surface area contributed by atoms with Crippen LogP contribution < -0.4 is 0 Å². The summed E-state index contributed by atoms with van der Waals surface area (Å²) >= 11 is 17.6. The van der Waals surface area contributed by atoms with Gasteiger partial charge in [0.2, 0.25) is 0 Å². The van der Waals surface area contributed by atoms with Crippen LogP contribution in [0, 0.1) is 44.0 Å². The molecule has 4 rings (SSSR count). The quantitative estimate of drug-likeness (QED) is 0.118. The minimum Gasteiger partial charge on any atom is -0.478 e. The Labute approximate surface area is 364 Å². The van der Waals surface area contributed by atoms with Crippen molar-refractivity contribution in [1.29, 1.82) is 0 Å². The number of ether oxygens (including phenoxy) is 1. The fourth-order valence-corrected chi connectivity index (χ4v) is 8.19. The van der Waals surface area contributed by atoms with Crippen LogP contribution in [-0.2, 0) is 24.4 Å². The summed E-state index contributed by atoms with van der Waals surface area (Å²) in [6.45, 7) is 1.37. The van der Waals surface area contributed by atoms with Crippen molar-refractivity contribution in [1.82, 2.24) is 0 Å². The lowest BCUT2D eigenvalue weighted by Crippen LogP contribution is -2.08. The van der Waals surface area contributed by atoms with Gasteiger partial charge in [-0.2, -0.15) is 0 Å². The second-order valence-electron chi connectivity index (χ2n) is 11.2. The Kier molecular flexibility index (Phi) is 19.5. The van der Waals surface area contributed by atoms with Crippen LogP contribution in [0.4, 0.5) is 8.78 Å². The van der Waals surface area contributed by atoms with E-state index in [1.807, 2.05) is 0 Å². The third-order valence-electron chi connectivity index (χ3n) is 7.15. The molecule has 12 nitrogen and oxygen atoms in total. The number of benzene rings is 4. The molecule has 4 aromatic rings. The van der Waals surface area contributed by atoms with Crippen molar-refractivity contribution < 1.29 is 64.9 Å². The molecule has 3 N–H and O–H groups in total. The fraction of sp³-hybridized carbons (Fsp3) is 0.128. The van der Waals surface area contributed by atoms with Crippen molar-refractivity contribution in [2.45, 2.75) is 23.1 Å². The lowest BCUT2D eigenvalue weighted by atomic mass is 10.0. The Bertz CT molecular complexity index is 2680. The van der Waals surface area contributed by atoms with Gasteiger partial charge in [0.25, 0.3) is 6.43 Å². The van der Waals surface area contributed by atoms with Crippen LogP contribution in [0.25, 0.3) is 0 Å². The number of carboxylic acid groups (broad SMARTS) is 3. The van der Waals surface area contributed by atoms with Gasteiger partial charge in [-0.25, -0.2) is 44.8 Å². The molecule has 0 saturated carbocycles. The van der Waals surface area contributed by atoms with Gasteiger partial charge in [0.15, 0.2) is 19.7 Å². The number of rotatable bonds is 7. The third-order valence-corrected chi connectivity index (χ3v) is 11.7. The Hall–Kier alpha value is -5.26. The summed E-state index contributed by atoms with van der Waals surface area (Å²) in [5.41, 5.74) is -0.141. The minimum atomic E-state index is -3.58. The SMILES string of the molecule is C#Cc1cc(Br)c(S(C)(=O)=O)cc1C(=O)OC.C#Cc1cc(Br)ccc1C(=O)O.C#Cc1cc(Cl)c(S(C)(=O)=O)cc1C(=O)O.Cc1c(Cl)ccc(C(=O)O)c1C(F)F. The third kappa shape index (κ3) is 14.5. The van der Waals surface area contributed by atoms with E-state index in [2.05, 4.69) is 54.4 Å². The average molecular weight is 1020 g/mol. The highest BCUT2D eigenvalue weighted by molar-refractivity contribution is 9.10. The fourth-order valence-electron chi connectivity index (χ4n) is 4.36. The summed E-state index contributed by atoms with van der Waals surface area (Å²) in [6, 6.07) is 11.8. The summed E-state index contributed by atoms with van der Waals surface area (Å²) in [5, 5.41) is 26.2. The van der Waals surface area contributed by atoms with E-state index in [1.165, 1.54) is 38.3 Å². The zero-order valence-corrected chi connectivity index (χ0v) is 36.9. The number of methoxy groups -OCH3 is 1.